The predicted molar refractivity (Wildman–Crippen MR) is 108 cm³/mol. The van der Waals surface area contributed by atoms with Gasteiger partial charge in [0, 0.05) is 38.0 Å². The summed E-state index contributed by atoms with van der Waals surface area (Å²) in [6, 6.07) is 9.19. The zero-order valence-electron chi connectivity index (χ0n) is 16.4. The monoisotopic (exact) mass is 408 g/mol. The van der Waals surface area contributed by atoms with Crippen molar-refractivity contribution in [3.05, 3.63) is 41.3 Å². The van der Waals surface area contributed by atoms with Crippen molar-refractivity contribution >= 4 is 28.0 Å². The van der Waals surface area contributed by atoms with Crippen LogP contribution in [0.5, 0.6) is 0 Å². The van der Waals surface area contributed by atoms with Crippen molar-refractivity contribution in [1.82, 2.24) is 9.21 Å². The molecule has 0 spiro atoms. The van der Waals surface area contributed by atoms with Gasteiger partial charge in [-0.3, -0.25) is 9.59 Å². The standard InChI is InChI=1S/C20H28N2O5S/c1-17(2)8-9-20(24)27-16-19(23)21-11-13-22(14-12-21)28(25,26)15-10-18-6-4-3-5-7-18/h3-7,10,15,17H,8-9,11-14,16H2,1-2H3/b15-10+. The molecule has 8 heteroatoms. The maximum atomic E-state index is 12.4. The van der Waals surface area contributed by atoms with Gasteiger partial charge >= 0.3 is 5.97 Å². The van der Waals surface area contributed by atoms with Crippen LogP contribution in [-0.4, -0.2) is 62.3 Å². The summed E-state index contributed by atoms with van der Waals surface area (Å²) in [7, 11) is -3.54. The molecule has 28 heavy (non-hydrogen) atoms. The van der Waals surface area contributed by atoms with Gasteiger partial charge < -0.3 is 9.64 Å². The molecule has 1 saturated heterocycles. The van der Waals surface area contributed by atoms with Gasteiger partial charge in [0.15, 0.2) is 6.61 Å². The Labute approximate surface area is 167 Å². The lowest BCUT2D eigenvalue weighted by molar-refractivity contribution is -0.152. The van der Waals surface area contributed by atoms with Gasteiger partial charge in [0.1, 0.15) is 0 Å². The summed E-state index contributed by atoms with van der Waals surface area (Å²) in [5.74, 6) is -0.279. The van der Waals surface area contributed by atoms with Crippen molar-refractivity contribution in [2.45, 2.75) is 26.7 Å². The molecule has 0 aliphatic carbocycles. The number of piperazine rings is 1. The van der Waals surface area contributed by atoms with Gasteiger partial charge in [-0.05, 0) is 24.0 Å². The van der Waals surface area contributed by atoms with Gasteiger partial charge in [-0.1, -0.05) is 44.2 Å². The number of ether oxygens (including phenoxy) is 1. The topological polar surface area (TPSA) is 84.0 Å². The first-order valence-corrected chi connectivity index (χ1v) is 10.9. The molecule has 1 heterocycles. The van der Waals surface area contributed by atoms with Crippen molar-refractivity contribution in [2.75, 3.05) is 32.8 Å². The number of amides is 1. The second kappa shape index (κ2) is 10.4. The van der Waals surface area contributed by atoms with E-state index in [2.05, 4.69) is 0 Å². The Hall–Kier alpha value is -2.19. The smallest absolute Gasteiger partial charge is 0.306 e. The van der Waals surface area contributed by atoms with Crippen LogP contribution in [0.3, 0.4) is 0 Å². The molecule has 0 radical (unpaired) electrons. The molecule has 0 N–H and O–H groups in total. The number of sulfonamides is 1. The van der Waals surface area contributed by atoms with Gasteiger partial charge in [-0.2, -0.15) is 4.31 Å². The lowest BCUT2D eigenvalue weighted by atomic mass is 10.1. The van der Waals surface area contributed by atoms with Crippen LogP contribution in [0.1, 0.15) is 32.3 Å². The first-order valence-electron chi connectivity index (χ1n) is 9.44. The van der Waals surface area contributed by atoms with E-state index in [1.54, 1.807) is 6.08 Å². The predicted octanol–water partition coefficient (Wildman–Crippen LogP) is 2.11. The molecule has 0 unspecified atom stereocenters. The summed E-state index contributed by atoms with van der Waals surface area (Å²) in [4.78, 5) is 25.3. The van der Waals surface area contributed by atoms with Gasteiger partial charge in [0.05, 0.1) is 0 Å². The zero-order chi connectivity index (χ0) is 20.6. The Morgan fingerprint density at radius 1 is 1.11 bits per heavy atom. The fourth-order valence-electron chi connectivity index (χ4n) is 2.72. The quantitative estimate of drug-likeness (QED) is 0.615. The van der Waals surface area contributed by atoms with E-state index in [9.17, 15) is 18.0 Å². The summed E-state index contributed by atoms with van der Waals surface area (Å²) in [5, 5.41) is 1.19. The average Bonchev–Trinajstić information content (AvgIpc) is 2.70. The minimum atomic E-state index is -3.54. The van der Waals surface area contributed by atoms with Crippen molar-refractivity contribution in [1.29, 1.82) is 0 Å². The van der Waals surface area contributed by atoms with Crippen LogP contribution in [0, 0.1) is 5.92 Å². The minimum absolute atomic E-state index is 0.217. The van der Waals surface area contributed by atoms with E-state index >= 15 is 0 Å². The van der Waals surface area contributed by atoms with Crippen LogP contribution >= 0.6 is 0 Å². The second-order valence-electron chi connectivity index (χ2n) is 7.13. The molecular weight excluding hydrogens is 380 g/mol. The number of benzene rings is 1. The molecule has 1 aliphatic rings. The summed E-state index contributed by atoms with van der Waals surface area (Å²) in [6.45, 7) is 4.73. The lowest BCUT2D eigenvalue weighted by Crippen LogP contribution is -2.51. The molecule has 0 bridgehead atoms. The highest BCUT2D eigenvalue weighted by molar-refractivity contribution is 7.92. The van der Waals surface area contributed by atoms with Crippen molar-refractivity contribution in [3.63, 3.8) is 0 Å². The summed E-state index contributed by atoms with van der Waals surface area (Å²) < 4.78 is 31.3. The van der Waals surface area contributed by atoms with E-state index < -0.39 is 10.0 Å². The molecule has 0 atom stereocenters. The number of carbonyl (C=O) groups is 2. The zero-order valence-corrected chi connectivity index (χ0v) is 17.2. The second-order valence-corrected chi connectivity index (χ2v) is 8.95. The Morgan fingerprint density at radius 3 is 2.36 bits per heavy atom. The van der Waals surface area contributed by atoms with Crippen LogP contribution in [0.25, 0.3) is 6.08 Å². The van der Waals surface area contributed by atoms with E-state index in [0.717, 1.165) is 12.0 Å². The Morgan fingerprint density at radius 2 is 1.75 bits per heavy atom. The van der Waals surface area contributed by atoms with Crippen LogP contribution in [0.4, 0.5) is 0 Å². The molecule has 7 nitrogen and oxygen atoms in total. The van der Waals surface area contributed by atoms with E-state index in [0.29, 0.717) is 12.3 Å². The molecule has 1 aromatic carbocycles. The number of carbonyl (C=O) groups excluding carboxylic acids is 2. The van der Waals surface area contributed by atoms with Crippen LogP contribution in [0.2, 0.25) is 0 Å². The molecule has 1 aromatic rings. The van der Waals surface area contributed by atoms with Crippen LogP contribution in [0.15, 0.2) is 35.7 Å². The first-order chi connectivity index (χ1) is 13.3. The third-order valence-electron chi connectivity index (χ3n) is 4.47. The Balaban J connectivity index is 1.79. The highest BCUT2D eigenvalue weighted by Crippen LogP contribution is 2.12. The summed E-state index contributed by atoms with van der Waals surface area (Å²) in [6.07, 6.45) is 2.58. The number of hydrogen-bond donors (Lipinski definition) is 0. The first kappa shape index (κ1) is 22.1. The number of esters is 1. The van der Waals surface area contributed by atoms with Gasteiger partial charge in [-0.25, -0.2) is 8.42 Å². The largest absolute Gasteiger partial charge is 0.456 e. The lowest BCUT2D eigenvalue weighted by Gasteiger charge is -2.33. The van der Waals surface area contributed by atoms with Crippen molar-refractivity contribution in [2.24, 2.45) is 5.92 Å². The van der Waals surface area contributed by atoms with Crippen LogP contribution < -0.4 is 0 Å². The van der Waals surface area contributed by atoms with E-state index in [1.165, 1.54) is 14.6 Å². The molecule has 1 aliphatic heterocycles. The molecule has 1 amide bonds. The number of nitrogens with zero attached hydrogens (tertiary/aromatic N) is 2. The van der Waals surface area contributed by atoms with Gasteiger partial charge in [-0.15, -0.1) is 0 Å². The van der Waals surface area contributed by atoms with E-state index in [-0.39, 0.29) is 44.7 Å². The molecule has 2 rings (SSSR count). The van der Waals surface area contributed by atoms with E-state index in [4.69, 9.17) is 4.74 Å². The number of rotatable bonds is 8. The van der Waals surface area contributed by atoms with E-state index in [1.807, 2.05) is 44.2 Å². The number of hydrogen-bond acceptors (Lipinski definition) is 5. The average molecular weight is 409 g/mol. The maximum Gasteiger partial charge on any atom is 0.306 e. The van der Waals surface area contributed by atoms with Crippen molar-refractivity contribution in [3.8, 4) is 0 Å². The van der Waals surface area contributed by atoms with Crippen molar-refractivity contribution < 1.29 is 22.7 Å². The van der Waals surface area contributed by atoms with Crippen LogP contribution in [-0.2, 0) is 24.3 Å². The maximum absolute atomic E-state index is 12.4. The third kappa shape index (κ3) is 7.09. The molecule has 154 valence electrons. The molecule has 0 aromatic heterocycles. The SMILES string of the molecule is CC(C)CCC(=O)OCC(=O)N1CCN(S(=O)(=O)/C=C/c2ccccc2)CC1. The Kier molecular flexibility index (Phi) is 8.19. The Bertz CT molecular complexity index is 782. The minimum Gasteiger partial charge on any atom is -0.456 e. The summed E-state index contributed by atoms with van der Waals surface area (Å²) in [5.41, 5.74) is 0.805. The fourth-order valence-corrected chi connectivity index (χ4v) is 3.89. The summed E-state index contributed by atoms with van der Waals surface area (Å²) >= 11 is 0. The highest BCUT2D eigenvalue weighted by atomic mass is 32.2. The van der Waals surface area contributed by atoms with Gasteiger partial charge in [0.25, 0.3) is 5.91 Å². The molecule has 0 saturated carbocycles. The molecular formula is C20H28N2O5S. The molecule has 1 fully saturated rings. The third-order valence-corrected chi connectivity index (χ3v) is 6.03. The van der Waals surface area contributed by atoms with Gasteiger partial charge in [0.2, 0.25) is 10.0 Å². The fraction of sp³-hybridized carbons (Fsp3) is 0.500. The highest BCUT2D eigenvalue weighted by Gasteiger charge is 2.27. The normalized spacial score (nSPS) is 15.9.